The van der Waals surface area contributed by atoms with E-state index in [1.807, 2.05) is 24.3 Å². The number of aliphatic hydroxyl groups is 1. The highest BCUT2D eigenvalue weighted by atomic mass is 16.4. The summed E-state index contributed by atoms with van der Waals surface area (Å²) in [6, 6.07) is 0. The molecular formula is C20H32O3. The Hall–Kier alpha value is -1.61. The van der Waals surface area contributed by atoms with Crippen LogP contribution >= 0.6 is 0 Å². The maximum atomic E-state index is 10.3. The van der Waals surface area contributed by atoms with E-state index in [2.05, 4.69) is 31.2 Å². The van der Waals surface area contributed by atoms with E-state index >= 15 is 0 Å². The molecule has 0 aromatic rings. The summed E-state index contributed by atoms with van der Waals surface area (Å²) in [5.41, 5.74) is 0. The first-order valence-electron chi connectivity index (χ1n) is 8.70. The Morgan fingerprint density at radius 1 is 0.957 bits per heavy atom. The van der Waals surface area contributed by atoms with Crippen LogP contribution in [-0.2, 0) is 4.79 Å². The lowest BCUT2D eigenvalue weighted by atomic mass is 10.1. The molecule has 0 fully saturated rings. The second kappa shape index (κ2) is 16.8. The number of carboxylic acid groups (broad SMARTS) is 1. The van der Waals surface area contributed by atoms with Crippen molar-refractivity contribution in [1.82, 2.24) is 0 Å². The van der Waals surface area contributed by atoms with Crippen molar-refractivity contribution in [2.24, 2.45) is 0 Å². The zero-order chi connectivity index (χ0) is 17.2. The predicted octanol–water partition coefficient (Wildman–Crippen LogP) is 5.19. The van der Waals surface area contributed by atoms with Crippen LogP contribution in [0.2, 0.25) is 0 Å². The van der Waals surface area contributed by atoms with E-state index in [4.69, 9.17) is 5.11 Å². The van der Waals surface area contributed by atoms with E-state index in [1.54, 1.807) is 0 Å². The van der Waals surface area contributed by atoms with Crippen LogP contribution in [0.5, 0.6) is 0 Å². The van der Waals surface area contributed by atoms with Crippen molar-refractivity contribution in [3.63, 3.8) is 0 Å². The van der Waals surface area contributed by atoms with Gasteiger partial charge in [-0.05, 0) is 32.1 Å². The molecule has 0 rings (SSSR count). The first kappa shape index (κ1) is 21.4. The van der Waals surface area contributed by atoms with Gasteiger partial charge in [-0.25, -0.2) is 0 Å². The van der Waals surface area contributed by atoms with Crippen molar-refractivity contribution >= 4 is 5.97 Å². The van der Waals surface area contributed by atoms with Gasteiger partial charge >= 0.3 is 5.97 Å². The molecule has 2 N–H and O–H groups in total. The highest BCUT2D eigenvalue weighted by molar-refractivity contribution is 5.66. The summed E-state index contributed by atoms with van der Waals surface area (Å²) in [5.74, 6) is -0.729. The molecule has 0 aromatic heterocycles. The fourth-order valence-electron chi connectivity index (χ4n) is 1.98. The molecule has 0 saturated carbocycles. The molecule has 0 unspecified atom stereocenters. The van der Waals surface area contributed by atoms with Crippen LogP contribution in [0.25, 0.3) is 0 Å². The van der Waals surface area contributed by atoms with Gasteiger partial charge in [0, 0.05) is 6.42 Å². The van der Waals surface area contributed by atoms with E-state index < -0.39 is 5.97 Å². The molecule has 0 amide bonds. The molecule has 0 radical (unpaired) electrons. The highest BCUT2D eigenvalue weighted by Gasteiger charge is 1.96. The monoisotopic (exact) mass is 320 g/mol. The van der Waals surface area contributed by atoms with E-state index in [1.165, 1.54) is 12.8 Å². The fraction of sp³-hybridized carbons (Fsp3) is 0.550. The van der Waals surface area contributed by atoms with Gasteiger partial charge in [-0.3, -0.25) is 4.79 Å². The summed E-state index contributed by atoms with van der Waals surface area (Å²) < 4.78 is 0. The van der Waals surface area contributed by atoms with Crippen LogP contribution in [0.1, 0.15) is 64.7 Å². The number of carboxylic acids is 1. The van der Waals surface area contributed by atoms with Crippen LogP contribution in [-0.4, -0.2) is 22.3 Å². The van der Waals surface area contributed by atoms with Crippen molar-refractivity contribution in [2.75, 3.05) is 0 Å². The van der Waals surface area contributed by atoms with Crippen molar-refractivity contribution in [3.05, 3.63) is 48.6 Å². The lowest BCUT2D eigenvalue weighted by molar-refractivity contribution is -0.137. The van der Waals surface area contributed by atoms with Gasteiger partial charge in [0.25, 0.3) is 0 Å². The van der Waals surface area contributed by atoms with Crippen molar-refractivity contribution in [1.29, 1.82) is 0 Å². The van der Waals surface area contributed by atoms with Gasteiger partial charge in [0.1, 0.15) is 0 Å². The Morgan fingerprint density at radius 3 is 2.35 bits per heavy atom. The molecule has 0 aliphatic rings. The third-order valence-corrected chi connectivity index (χ3v) is 3.32. The molecule has 0 spiro atoms. The fourth-order valence-corrected chi connectivity index (χ4v) is 1.98. The van der Waals surface area contributed by atoms with E-state index in [9.17, 15) is 9.90 Å². The molecule has 0 heterocycles. The lowest BCUT2D eigenvalue weighted by Gasteiger charge is -2.02. The van der Waals surface area contributed by atoms with Crippen molar-refractivity contribution in [3.8, 4) is 0 Å². The summed E-state index contributed by atoms with van der Waals surface area (Å²) >= 11 is 0. The minimum atomic E-state index is -0.729. The van der Waals surface area contributed by atoms with Gasteiger partial charge in [0.15, 0.2) is 0 Å². The number of hydrogen-bond acceptors (Lipinski definition) is 2. The van der Waals surface area contributed by atoms with Crippen LogP contribution in [0.15, 0.2) is 48.6 Å². The minimum absolute atomic E-state index is 0.242. The summed E-state index contributed by atoms with van der Waals surface area (Å²) in [6.07, 6.45) is 23.6. The molecule has 0 saturated heterocycles. The number of hydrogen-bond donors (Lipinski definition) is 2. The summed E-state index contributed by atoms with van der Waals surface area (Å²) in [5, 5.41) is 18.2. The Balaban J connectivity index is 3.57. The molecule has 130 valence electrons. The maximum Gasteiger partial charge on any atom is 0.303 e. The van der Waals surface area contributed by atoms with E-state index in [0.29, 0.717) is 6.42 Å². The van der Waals surface area contributed by atoms with Crippen molar-refractivity contribution in [2.45, 2.75) is 70.8 Å². The number of unbranched alkanes of at least 4 members (excludes halogenated alkanes) is 3. The van der Waals surface area contributed by atoms with Crippen LogP contribution in [0.3, 0.4) is 0 Å². The topological polar surface area (TPSA) is 57.5 Å². The number of rotatable bonds is 14. The SMILES string of the molecule is CCCCC[C@H](O)/C=C/C=CCC=CCC=CCCCC(=O)O. The third kappa shape index (κ3) is 18.3. The largest absolute Gasteiger partial charge is 0.481 e. The third-order valence-electron chi connectivity index (χ3n) is 3.32. The number of aliphatic carboxylic acids is 1. The highest BCUT2D eigenvalue weighted by Crippen LogP contribution is 2.04. The van der Waals surface area contributed by atoms with E-state index in [0.717, 1.165) is 32.1 Å². The standard InChI is InChI=1S/C20H32O3/c1-2-3-13-16-19(21)17-14-11-9-7-5-4-6-8-10-12-15-18-20(22)23/h4-5,8-11,14,17,19,21H,2-3,6-7,12-13,15-16,18H2,1H3,(H,22,23)/b5-4?,10-8?,11-9?,17-14+/t19-/m0/s1. The average molecular weight is 320 g/mol. The molecule has 3 heteroatoms. The zero-order valence-electron chi connectivity index (χ0n) is 14.4. The Morgan fingerprint density at radius 2 is 1.65 bits per heavy atom. The Bertz CT molecular complexity index is 392. The molecule has 23 heavy (non-hydrogen) atoms. The zero-order valence-corrected chi connectivity index (χ0v) is 14.4. The second-order valence-electron chi connectivity index (χ2n) is 5.58. The van der Waals surface area contributed by atoms with Crippen LogP contribution < -0.4 is 0 Å². The summed E-state index contributed by atoms with van der Waals surface area (Å²) in [4.78, 5) is 10.3. The van der Waals surface area contributed by atoms with Gasteiger partial charge in [-0.1, -0.05) is 74.8 Å². The lowest BCUT2D eigenvalue weighted by Crippen LogP contribution is -2.00. The second-order valence-corrected chi connectivity index (χ2v) is 5.58. The number of carbonyl (C=O) groups is 1. The Kier molecular flexibility index (Phi) is 15.6. The minimum Gasteiger partial charge on any atom is -0.481 e. The molecular weight excluding hydrogens is 288 g/mol. The molecule has 1 atom stereocenters. The predicted molar refractivity (Wildman–Crippen MR) is 97.4 cm³/mol. The normalized spacial score (nSPS) is 13.8. The first-order valence-corrected chi connectivity index (χ1v) is 8.70. The van der Waals surface area contributed by atoms with E-state index in [-0.39, 0.29) is 12.5 Å². The van der Waals surface area contributed by atoms with Crippen LogP contribution in [0.4, 0.5) is 0 Å². The Labute approximate surface area is 141 Å². The average Bonchev–Trinajstić information content (AvgIpc) is 2.51. The maximum absolute atomic E-state index is 10.3. The summed E-state index contributed by atoms with van der Waals surface area (Å²) in [6.45, 7) is 2.16. The molecule has 0 aliphatic heterocycles. The molecule has 3 nitrogen and oxygen atoms in total. The quantitative estimate of drug-likeness (QED) is 0.263. The number of allylic oxidation sites excluding steroid dienone is 7. The van der Waals surface area contributed by atoms with Crippen molar-refractivity contribution < 1.29 is 15.0 Å². The molecule has 0 aromatic carbocycles. The van der Waals surface area contributed by atoms with Crippen LogP contribution in [0, 0.1) is 0 Å². The summed E-state index contributed by atoms with van der Waals surface area (Å²) in [7, 11) is 0. The van der Waals surface area contributed by atoms with Gasteiger partial charge in [0.2, 0.25) is 0 Å². The van der Waals surface area contributed by atoms with Gasteiger partial charge in [-0.15, -0.1) is 0 Å². The van der Waals surface area contributed by atoms with Gasteiger partial charge in [0.05, 0.1) is 6.10 Å². The van der Waals surface area contributed by atoms with Gasteiger partial charge < -0.3 is 10.2 Å². The smallest absolute Gasteiger partial charge is 0.303 e. The number of aliphatic hydroxyl groups excluding tert-OH is 1. The molecule has 0 bridgehead atoms. The first-order chi connectivity index (χ1) is 11.2. The van der Waals surface area contributed by atoms with Gasteiger partial charge in [-0.2, -0.15) is 0 Å². The molecule has 0 aliphatic carbocycles.